The summed E-state index contributed by atoms with van der Waals surface area (Å²) in [5.74, 6) is 0.603. The van der Waals surface area contributed by atoms with Crippen molar-refractivity contribution in [1.82, 2.24) is 29.3 Å². The van der Waals surface area contributed by atoms with Gasteiger partial charge in [-0.25, -0.2) is 4.39 Å². The fourth-order valence-corrected chi connectivity index (χ4v) is 6.47. The highest BCUT2D eigenvalue weighted by Gasteiger charge is 2.30. The lowest BCUT2D eigenvalue weighted by Crippen LogP contribution is -2.51. The monoisotopic (exact) mass is 515 g/mol. The van der Waals surface area contributed by atoms with Crippen LogP contribution in [0, 0.1) is 5.82 Å². The van der Waals surface area contributed by atoms with Crippen molar-refractivity contribution in [1.29, 1.82) is 0 Å². The van der Waals surface area contributed by atoms with Crippen molar-refractivity contribution in [3.8, 4) is 0 Å². The van der Waals surface area contributed by atoms with Crippen LogP contribution < -0.4 is 4.90 Å². The van der Waals surface area contributed by atoms with Gasteiger partial charge < -0.3 is 14.0 Å². The first kappa shape index (κ1) is 23.0. The van der Waals surface area contributed by atoms with E-state index in [1.54, 1.807) is 16.8 Å². The summed E-state index contributed by atoms with van der Waals surface area (Å²) < 4.78 is 30.0. The zero-order valence-electron chi connectivity index (χ0n) is 19.5. The smallest absolute Gasteiger partial charge is 0.364 e. The van der Waals surface area contributed by atoms with Crippen LogP contribution in [-0.2, 0) is 11.2 Å². The minimum atomic E-state index is -1.25. The Kier molecular flexibility index (Phi) is 6.08. The molecule has 1 saturated carbocycles. The average molecular weight is 516 g/mol. The maximum Gasteiger partial charge on any atom is 0.364 e. The van der Waals surface area contributed by atoms with Crippen molar-refractivity contribution in [2.24, 2.45) is 0 Å². The van der Waals surface area contributed by atoms with Gasteiger partial charge in [0.1, 0.15) is 17.9 Å². The van der Waals surface area contributed by atoms with E-state index in [1.165, 1.54) is 6.07 Å². The molecule has 1 unspecified atom stereocenters. The van der Waals surface area contributed by atoms with Gasteiger partial charge in [0.2, 0.25) is 0 Å². The first-order valence-corrected chi connectivity index (χ1v) is 13.9. The molecule has 2 fully saturated rings. The maximum atomic E-state index is 14.3. The van der Waals surface area contributed by atoms with E-state index in [0.29, 0.717) is 33.3 Å². The van der Waals surface area contributed by atoms with E-state index < -0.39 is 11.2 Å². The first-order valence-electron chi connectivity index (χ1n) is 12.0. The number of anilines is 1. The fraction of sp³-hybridized carbons (Fsp3) is 0.458. The first-order chi connectivity index (χ1) is 17.0. The van der Waals surface area contributed by atoms with Gasteiger partial charge >= 0.3 is 5.16 Å². The van der Waals surface area contributed by atoms with E-state index in [2.05, 4.69) is 29.7 Å². The number of benzene rings is 1. The van der Waals surface area contributed by atoms with Gasteiger partial charge in [-0.2, -0.15) is 0 Å². The molecule has 1 atom stereocenters. The highest BCUT2D eigenvalue weighted by atomic mass is 35.5. The predicted molar refractivity (Wildman–Crippen MR) is 135 cm³/mol. The van der Waals surface area contributed by atoms with Crippen LogP contribution in [0.1, 0.15) is 31.7 Å². The third-order valence-corrected chi connectivity index (χ3v) is 8.51. The summed E-state index contributed by atoms with van der Waals surface area (Å²) >= 11 is 5.12. The summed E-state index contributed by atoms with van der Waals surface area (Å²) in [7, 11) is 0. The van der Waals surface area contributed by atoms with Gasteiger partial charge in [0, 0.05) is 55.6 Å². The van der Waals surface area contributed by atoms with Crippen molar-refractivity contribution < 1.29 is 8.94 Å². The number of aromatic nitrogens is 5. The molecule has 4 aromatic rings. The van der Waals surface area contributed by atoms with Crippen LogP contribution in [0.25, 0.3) is 16.6 Å². The van der Waals surface area contributed by atoms with Crippen LogP contribution in [0.15, 0.2) is 41.7 Å². The van der Waals surface area contributed by atoms with Crippen LogP contribution in [0.4, 0.5) is 10.2 Å². The Morgan fingerprint density at radius 3 is 2.49 bits per heavy atom. The number of halogens is 2. The molecule has 0 N–H and O–H groups in total. The number of piperazine rings is 1. The molecular formula is C24H27ClFN7OS. The van der Waals surface area contributed by atoms with E-state index >= 15 is 0 Å². The molecule has 1 aromatic carbocycles. The van der Waals surface area contributed by atoms with Gasteiger partial charge in [-0.05, 0) is 49.9 Å². The second-order valence-electron chi connectivity index (χ2n) is 9.40. The van der Waals surface area contributed by atoms with Gasteiger partial charge in [-0.3, -0.25) is 4.90 Å². The van der Waals surface area contributed by atoms with Crippen molar-refractivity contribution >= 4 is 45.1 Å². The number of rotatable bonds is 4. The Hall–Kier alpha value is -2.40. The molecular weight excluding hydrogens is 489 g/mol. The Labute approximate surface area is 210 Å². The molecule has 35 heavy (non-hydrogen) atoms. The highest BCUT2D eigenvalue weighted by Crippen LogP contribution is 2.37. The lowest BCUT2D eigenvalue weighted by molar-refractivity contribution is 0.131. The van der Waals surface area contributed by atoms with E-state index in [0.717, 1.165) is 63.2 Å². The summed E-state index contributed by atoms with van der Waals surface area (Å²) in [4.78, 5) is 4.86. The predicted octanol–water partition coefficient (Wildman–Crippen LogP) is 3.91. The van der Waals surface area contributed by atoms with Crippen LogP contribution in [0.2, 0.25) is 5.02 Å². The highest BCUT2D eigenvalue weighted by molar-refractivity contribution is 7.90. The molecule has 0 bridgehead atoms. The van der Waals surface area contributed by atoms with Crippen LogP contribution >= 0.6 is 11.6 Å². The molecule has 0 radical (unpaired) electrons. The molecule has 6 rings (SSSR count). The zero-order chi connectivity index (χ0) is 24.1. The Morgan fingerprint density at radius 1 is 1.00 bits per heavy atom. The molecule has 2 aliphatic rings. The van der Waals surface area contributed by atoms with E-state index in [-0.39, 0.29) is 5.82 Å². The van der Waals surface area contributed by atoms with Gasteiger partial charge in [0.25, 0.3) is 0 Å². The minimum Gasteiger partial charge on any atom is -0.609 e. The number of fused-ring (bicyclic) bond motifs is 2. The van der Waals surface area contributed by atoms with Crippen molar-refractivity contribution in [3.05, 3.63) is 47.4 Å². The molecule has 1 aliphatic heterocycles. The van der Waals surface area contributed by atoms with Crippen molar-refractivity contribution in [3.63, 3.8) is 0 Å². The Bertz CT molecular complexity index is 1360. The second-order valence-corrected chi connectivity index (χ2v) is 11.1. The Balaban J connectivity index is 1.09. The molecule has 4 heterocycles. The quantitative estimate of drug-likeness (QED) is 0.383. The third kappa shape index (κ3) is 4.16. The standard InChI is InChI=1S/C24H27ClFN7OS/c1-35(34)24-28-27-21-9-10-22(29-33(21)24)31-13-11-30(12-14-31)16-5-7-17(8-6-16)32-15-18(25)23-19(26)3-2-4-20(23)32/h2-4,9-10,15-17H,5-8,11-14H2,1H3/t16-,17+,35?. The molecule has 11 heteroatoms. The second kappa shape index (κ2) is 9.24. The molecule has 8 nitrogen and oxygen atoms in total. The third-order valence-electron chi connectivity index (χ3n) is 7.45. The molecule has 3 aromatic heterocycles. The molecule has 1 aliphatic carbocycles. The minimum absolute atomic E-state index is 0.255. The number of hydrogen-bond acceptors (Lipinski definition) is 6. The molecule has 184 valence electrons. The zero-order valence-corrected chi connectivity index (χ0v) is 21.1. The van der Waals surface area contributed by atoms with Crippen molar-refractivity contribution in [2.75, 3.05) is 37.3 Å². The van der Waals surface area contributed by atoms with Gasteiger partial charge in [-0.1, -0.05) is 22.8 Å². The summed E-state index contributed by atoms with van der Waals surface area (Å²) in [5.41, 5.74) is 1.49. The van der Waals surface area contributed by atoms with Crippen LogP contribution in [-0.4, -0.2) is 72.3 Å². The maximum absolute atomic E-state index is 14.3. The Morgan fingerprint density at radius 2 is 1.74 bits per heavy atom. The lowest BCUT2D eigenvalue weighted by Gasteiger charge is -2.42. The lowest BCUT2D eigenvalue weighted by atomic mass is 9.89. The summed E-state index contributed by atoms with van der Waals surface area (Å²) in [6.45, 7) is 3.74. The summed E-state index contributed by atoms with van der Waals surface area (Å²) in [6.07, 6.45) is 7.85. The van der Waals surface area contributed by atoms with Gasteiger partial charge in [0.05, 0.1) is 15.9 Å². The molecule has 1 saturated heterocycles. The summed E-state index contributed by atoms with van der Waals surface area (Å²) in [6, 6.07) is 9.94. The SMILES string of the molecule is C[S+]([O-])c1nnc2ccc(N3CCN([C@H]4CC[C@@H](n5cc(Cl)c6c(F)cccc65)CC4)CC3)nn12. The largest absolute Gasteiger partial charge is 0.609 e. The van der Waals surface area contributed by atoms with E-state index in [1.807, 2.05) is 24.4 Å². The van der Waals surface area contributed by atoms with Crippen molar-refractivity contribution in [2.45, 2.75) is 42.9 Å². The van der Waals surface area contributed by atoms with Gasteiger partial charge in [0.15, 0.2) is 5.65 Å². The van der Waals surface area contributed by atoms with E-state index in [9.17, 15) is 8.94 Å². The topological polar surface area (TPSA) is 77.6 Å². The molecule has 0 amide bonds. The van der Waals surface area contributed by atoms with Crippen LogP contribution in [0.3, 0.4) is 0 Å². The van der Waals surface area contributed by atoms with Gasteiger partial charge in [-0.15, -0.1) is 14.7 Å². The fourth-order valence-electron chi connectivity index (χ4n) is 5.65. The summed E-state index contributed by atoms with van der Waals surface area (Å²) in [5, 5.41) is 14.1. The average Bonchev–Trinajstić information content (AvgIpc) is 3.46. The van der Waals surface area contributed by atoms with E-state index in [4.69, 9.17) is 11.6 Å². The number of hydrogen-bond donors (Lipinski definition) is 0. The molecule has 0 spiro atoms. The van der Waals surface area contributed by atoms with Crippen LogP contribution in [0.5, 0.6) is 0 Å². The number of nitrogens with zero attached hydrogens (tertiary/aromatic N) is 7. The normalized spacial score (nSPS) is 22.8.